The first-order chi connectivity index (χ1) is 14.5. The number of para-hydroxylation sites is 2. The van der Waals surface area contributed by atoms with Crippen molar-refractivity contribution < 1.29 is 17.9 Å². The number of ether oxygens (including phenoxy) is 1. The molecule has 7 heteroatoms. The molecule has 2 aromatic carbocycles. The molecule has 1 aromatic heterocycles. The highest BCUT2D eigenvalue weighted by atomic mass is 32.2. The van der Waals surface area contributed by atoms with Gasteiger partial charge in [-0.1, -0.05) is 42.5 Å². The number of hydrogen-bond acceptors (Lipinski definition) is 5. The van der Waals surface area contributed by atoms with Crippen LogP contribution in [0.3, 0.4) is 0 Å². The van der Waals surface area contributed by atoms with E-state index in [1.807, 2.05) is 66.0 Å². The average Bonchev–Trinajstić information content (AvgIpc) is 3.22. The van der Waals surface area contributed by atoms with Gasteiger partial charge in [0.1, 0.15) is 11.5 Å². The molecule has 0 spiro atoms. The molecule has 1 unspecified atom stereocenters. The van der Waals surface area contributed by atoms with Gasteiger partial charge in [0.2, 0.25) is 5.91 Å². The van der Waals surface area contributed by atoms with E-state index in [2.05, 4.69) is 0 Å². The number of amides is 1. The molecule has 30 heavy (non-hydrogen) atoms. The lowest BCUT2D eigenvalue weighted by Gasteiger charge is -2.31. The monoisotopic (exact) mass is 439 g/mol. The van der Waals surface area contributed by atoms with Gasteiger partial charge in [0.25, 0.3) is 0 Å². The summed E-state index contributed by atoms with van der Waals surface area (Å²) in [4.78, 5) is 16.3. The topological polar surface area (TPSA) is 63.7 Å². The summed E-state index contributed by atoms with van der Waals surface area (Å²) in [6, 6.07) is 18.9. The number of nitrogens with zero attached hydrogens (tertiary/aromatic N) is 1. The van der Waals surface area contributed by atoms with Crippen LogP contribution in [-0.2, 0) is 14.6 Å². The van der Waals surface area contributed by atoms with Crippen molar-refractivity contribution in [2.45, 2.75) is 17.6 Å². The molecule has 1 amide bonds. The van der Waals surface area contributed by atoms with Crippen molar-refractivity contribution in [3.05, 3.63) is 82.0 Å². The molecule has 5 nitrogen and oxygen atoms in total. The highest BCUT2D eigenvalue weighted by molar-refractivity contribution is 7.91. The number of benzene rings is 2. The van der Waals surface area contributed by atoms with Crippen LogP contribution in [0.2, 0.25) is 0 Å². The minimum atomic E-state index is -3.31. The quantitative estimate of drug-likeness (QED) is 0.595. The summed E-state index contributed by atoms with van der Waals surface area (Å²) < 4.78 is 31.8. The largest absolute Gasteiger partial charge is 0.457 e. The standard InChI is InChI=1S/C23H21NO4S2/c25-23(24-12-11-21(20-10-5-14-29-20)30(26,27)15-13-24)22-16-6-1-3-8-18(16)28-19-9-4-2-7-17(19)22/h1-10,14,21-22H,11-13,15H2. The second-order valence-corrected chi connectivity index (χ2v) is 10.9. The Morgan fingerprint density at radius 3 is 2.23 bits per heavy atom. The maximum atomic E-state index is 13.7. The number of sulfone groups is 1. The summed E-state index contributed by atoms with van der Waals surface area (Å²) >= 11 is 1.46. The van der Waals surface area contributed by atoms with Crippen molar-refractivity contribution in [3.63, 3.8) is 0 Å². The Hall–Kier alpha value is -2.64. The van der Waals surface area contributed by atoms with Crippen LogP contribution in [0, 0.1) is 0 Å². The summed E-state index contributed by atoms with van der Waals surface area (Å²) in [6.07, 6.45) is 0.418. The van der Waals surface area contributed by atoms with E-state index >= 15 is 0 Å². The molecule has 0 bridgehead atoms. The van der Waals surface area contributed by atoms with E-state index in [1.165, 1.54) is 11.3 Å². The summed E-state index contributed by atoms with van der Waals surface area (Å²) in [5.74, 6) is 0.766. The minimum Gasteiger partial charge on any atom is -0.457 e. The van der Waals surface area contributed by atoms with Crippen molar-refractivity contribution in [1.29, 1.82) is 0 Å². The summed E-state index contributed by atoms with van der Waals surface area (Å²) in [6.45, 7) is 0.632. The summed E-state index contributed by atoms with van der Waals surface area (Å²) in [5.41, 5.74) is 1.64. The van der Waals surface area contributed by atoms with Gasteiger partial charge in [-0.2, -0.15) is 0 Å². The molecule has 0 aliphatic carbocycles. The van der Waals surface area contributed by atoms with Crippen molar-refractivity contribution in [3.8, 4) is 11.5 Å². The van der Waals surface area contributed by atoms with Gasteiger partial charge >= 0.3 is 0 Å². The second-order valence-electron chi connectivity index (χ2n) is 7.60. The fraction of sp³-hybridized carbons (Fsp3) is 0.261. The Balaban J connectivity index is 1.48. The number of fused-ring (bicyclic) bond motifs is 2. The summed E-state index contributed by atoms with van der Waals surface area (Å²) in [7, 11) is -3.31. The van der Waals surface area contributed by atoms with E-state index in [0.29, 0.717) is 24.5 Å². The molecule has 154 valence electrons. The number of carbonyl (C=O) groups excluding carboxylic acids is 1. The maximum absolute atomic E-state index is 13.7. The van der Waals surface area contributed by atoms with Crippen LogP contribution < -0.4 is 4.74 Å². The van der Waals surface area contributed by atoms with E-state index in [4.69, 9.17) is 4.74 Å². The zero-order chi connectivity index (χ0) is 20.7. The van der Waals surface area contributed by atoms with E-state index in [1.54, 1.807) is 4.90 Å². The van der Waals surface area contributed by atoms with Crippen LogP contribution >= 0.6 is 11.3 Å². The van der Waals surface area contributed by atoms with Crippen molar-refractivity contribution >= 4 is 27.1 Å². The fourth-order valence-corrected chi connectivity index (χ4v) is 7.32. The minimum absolute atomic E-state index is 0.0200. The molecule has 3 heterocycles. The lowest BCUT2D eigenvalue weighted by molar-refractivity contribution is -0.131. The first kappa shape index (κ1) is 19.3. The van der Waals surface area contributed by atoms with Crippen LogP contribution in [0.5, 0.6) is 11.5 Å². The lowest BCUT2D eigenvalue weighted by atomic mass is 9.86. The average molecular weight is 440 g/mol. The number of thiophene rings is 1. The Morgan fingerprint density at radius 1 is 0.933 bits per heavy atom. The molecule has 1 fully saturated rings. The lowest BCUT2D eigenvalue weighted by Crippen LogP contribution is -2.38. The van der Waals surface area contributed by atoms with E-state index in [-0.39, 0.29) is 18.2 Å². The smallest absolute Gasteiger partial charge is 0.234 e. The Bertz CT molecular complexity index is 1140. The van der Waals surface area contributed by atoms with Crippen molar-refractivity contribution in [1.82, 2.24) is 4.90 Å². The summed E-state index contributed by atoms with van der Waals surface area (Å²) in [5, 5.41) is 1.36. The molecule has 5 rings (SSSR count). The van der Waals surface area contributed by atoms with Crippen molar-refractivity contribution in [2.75, 3.05) is 18.8 Å². The van der Waals surface area contributed by atoms with Crippen molar-refractivity contribution in [2.24, 2.45) is 0 Å². The fourth-order valence-electron chi connectivity index (χ4n) is 4.32. The molecule has 0 N–H and O–H groups in total. The van der Waals surface area contributed by atoms with Gasteiger partial charge in [-0.25, -0.2) is 8.42 Å². The first-order valence-corrected chi connectivity index (χ1v) is 12.5. The molecule has 0 saturated carbocycles. The molecule has 0 radical (unpaired) electrons. The van der Waals surface area contributed by atoms with Gasteiger partial charge in [-0.15, -0.1) is 11.3 Å². The van der Waals surface area contributed by atoms with Gasteiger partial charge < -0.3 is 9.64 Å². The van der Waals surface area contributed by atoms with Gasteiger partial charge in [0.05, 0.1) is 16.9 Å². The van der Waals surface area contributed by atoms with E-state index in [0.717, 1.165) is 16.0 Å². The molecule has 2 aliphatic rings. The third-order valence-electron chi connectivity index (χ3n) is 5.84. The molecule has 1 saturated heterocycles. The van der Waals surface area contributed by atoms with Crippen LogP contribution in [0.4, 0.5) is 0 Å². The number of rotatable bonds is 2. The zero-order valence-electron chi connectivity index (χ0n) is 16.2. The Kier molecular flexibility index (Phi) is 4.87. The number of carbonyl (C=O) groups is 1. The molecule has 2 aliphatic heterocycles. The van der Waals surface area contributed by atoms with Gasteiger partial charge in [0, 0.05) is 29.1 Å². The first-order valence-electron chi connectivity index (χ1n) is 9.94. The van der Waals surface area contributed by atoms with Crippen LogP contribution in [0.1, 0.15) is 33.6 Å². The predicted octanol–water partition coefficient (Wildman–Crippen LogP) is 4.37. The van der Waals surface area contributed by atoms with Crippen LogP contribution in [0.25, 0.3) is 0 Å². The number of hydrogen-bond donors (Lipinski definition) is 0. The molecular weight excluding hydrogens is 418 g/mol. The van der Waals surface area contributed by atoms with Gasteiger partial charge in [-0.05, 0) is 30.0 Å². The Labute approximate surface area is 179 Å². The molecule has 1 atom stereocenters. The molecular formula is C23H21NO4S2. The van der Waals surface area contributed by atoms with Gasteiger partial charge in [-0.3, -0.25) is 4.79 Å². The highest BCUT2D eigenvalue weighted by Gasteiger charge is 2.38. The Morgan fingerprint density at radius 2 is 1.60 bits per heavy atom. The zero-order valence-corrected chi connectivity index (χ0v) is 17.9. The maximum Gasteiger partial charge on any atom is 0.234 e. The van der Waals surface area contributed by atoms with E-state index in [9.17, 15) is 13.2 Å². The SMILES string of the molecule is O=C(C1c2ccccc2Oc2ccccc21)N1CCC(c2cccs2)S(=O)(=O)CC1. The van der Waals surface area contributed by atoms with E-state index < -0.39 is 21.0 Å². The van der Waals surface area contributed by atoms with Crippen LogP contribution in [-0.4, -0.2) is 38.1 Å². The van der Waals surface area contributed by atoms with Crippen LogP contribution in [0.15, 0.2) is 66.0 Å². The highest BCUT2D eigenvalue weighted by Crippen LogP contribution is 2.45. The normalized spacial score (nSPS) is 20.5. The third-order valence-corrected chi connectivity index (χ3v) is 9.08. The second kappa shape index (κ2) is 7.56. The van der Waals surface area contributed by atoms with Gasteiger partial charge in [0.15, 0.2) is 9.84 Å². The molecule has 3 aromatic rings. The predicted molar refractivity (Wildman–Crippen MR) is 117 cm³/mol. The third kappa shape index (κ3) is 3.32.